The predicted octanol–water partition coefficient (Wildman–Crippen LogP) is 15.0. The summed E-state index contributed by atoms with van der Waals surface area (Å²) in [4.78, 5) is 2.71. The van der Waals surface area contributed by atoms with Gasteiger partial charge in [0.05, 0.1) is 0 Å². The summed E-state index contributed by atoms with van der Waals surface area (Å²) in [6, 6.07) is 50.7. The Morgan fingerprint density at radius 1 is 0.556 bits per heavy atom. The third-order valence-electron chi connectivity index (χ3n) is 11.0. The zero-order valence-electron chi connectivity index (χ0n) is 30.4. The van der Waals surface area contributed by atoms with Crippen molar-refractivity contribution >= 4 is 87.9 Å². The van der Waals surface area contributed by atoms with Crippen LogP contribution in [-0.2, 0) is 12.8 Å². The number of allylic oxidation sites excluding steroid dienone is 8. The highest BCUT2D eigenvalue weighted by molar-refractivity contribution is 8.03. The summed E-state index contributed by atoms with van der Waals surface area (Å²) in [6.07, 6.45) is 13.3. The third kappa shape index (κ3) is 5.75. The molecule has 1 aliphatic rings. The molecule has 1 nitrogen and oxygen atoms in total. The summed E-state index contributed by atoms with van der Waals surface area (Å²) in [7, 11) is 0. The van der Waals surface area contributed by atoms with E-state index < -0.39 is 0 Å². The Kier molecular flexibility index (Phi) is 8.08. The van der Waals surface area contributed by atoms with Gasteiger partial charge in [0.2, 0.25) is 0 Å². The van der Waals surface area contributed by atoms with Gasteiger partial charge in [-0.15, -0.1) is 0 Å². The average Bonchev–Trinajstić information content (AvgIpc) is 3.78. The van der Waals surface area contributed by atoms with Crippen LogP contribution >= 0.6 is 11.8 Å². The summed E-state index contributed by atoms with van der Waals surface area (Å²) < 4.78 is 6.21. The van der Waals surface area contributed by atoms with Crippen molar-refractivity contribution in [3.05, 3.63) is 197 Å². The topological polar surface area (TPSA) is 13.1 Å². The highest BCUT2D eigenvalue weighted by atomic mass is 32.2. The average molecular weight is 711 g/mol. The van der Waals surface area contributed by atoms with E-state index in [1.54, 1.807) is 0 Å². The van der Waals surface area contributed by atoms with Crippen LogP contribution in [0.4, 0.5) is 0 Å². The molecule has 1 aromatic heterocycles. The molecule has 0 fully saturated rings. The lowest BCUT2D eigenvalue weighted by molar-refractivity contribution is 0.669. The summed E-state index contributed by atoms with van der Waals surface area (Å²) in [5.41, 5.74) is 9.76. The van der Waals surface area contributed by atoms with Crippen molar-refractivity contribution < 1.29 is 4.42 Å². The number of benzene rings is 8. The van der Waals surface area contributed by atoms with Crippen molar-refractivity contribution in [1.29, 1.82) is 0 Å². The number of hydrogen-bond donors (Lipinski definition) is 0. The molecule has 54 heavy (non-hydrogen) atoms. The number of fused-ring (bicyclic) bond motifs is 8. The van der Waals surface area contributed by atoms with Gasteiger partial charge in [-0.1, -0.05) is 151 Å². The summed E-state index contributed by atoms with van der Waals surface area (Å²) in [6.45, 7) is 4.52. The SMILES string of the molecule is C/C(=C\C=C/Cc1ccc2ccccc2c1)c1c2ccccc2c(/C(C)=C/C=C2\Cc3cc4cc5c(cc4cc3S2)oc2ccccc25)c2ccccc12. The fraction of sp³-hybridized carbons (Fsp3) is 0.0769. The molecule has 0 saturated carbocycles. The van der Waals surface area contributed by atoms with Crippen molar-refractivity contribution in [3.63, 3.8) is 0 Å². The van der Waals surface area contributed by atoms with Gasteiger partial charge in [-0.2, -0.15) is 0 Å². The molecule has 9 aromatic rings. The minimum Gasteiger partial charge on any atom is -0.456 e. The summed E-state index contributed by atoms with van der Waals surface area (Å²) >= 11 is 1.89. The molecule has 1 aliphatic heterocycles. The van der Waals surface area contributed by atoms with Crippen molar-refractivity contribution in [2.45, 2.75) is 31.6 Å². The van der Waals surface area contributed by atoms with E-state index in [0.717, 1.165) is 24.0 Å². The summed E-state index contributed by atoms with van der Waals surface area (Å²) in [5.74, 6) is 0. The third-order valence-corrected chi connectivity index (χ3v) is 12.2. The van der Waals surface area contributed by atoms with Crippen molar-refractivity contribution in [2.24, 2.45) is 0 Å². The molecule has 8 aromatic carbocycles. The van der Waals surface area contributed by atoms with Crippen LogP contribution in [-0.4, -0.2) is 0 Å². The van der Waals surface area contributed by atoms with Crippen LogP contribution < -0.4 is 0 Å². The van der Waals surface area contributed by atoms with E-state index in [0.29, 0.717) is 0 Å². The van der Waals surface area contributed by atoms with Crippen LogP contribution in [0.2, 0.25) is 0 Å². The minimum atomic E-state index is 0.903. The highest BCUT2D eigenvalue weighted by Gasteiger charge is 2.19. The van der Waals surface area contributed by atoms with E-state index in [9.17, 15) is 0 Å². The molecule has 258 valence electrons. The maximum absolute atomic E-state index is 6.21. The lowest BCUT2D eigenvalue weighted by atomic mass is 9.86. The van der Waals surface area contributed by atoms with Gasteiger partial charge >= 0.3 is 0 Å². The molecular weight excluding hydrogens is 673 g/mol. The molecule has 0 aliphatic carbocycles. The van der Waals surface area contributed by atoms with E-state index in [-0.39, 0.29) is 0 Å². The van der Waals surface area contributed by atoms with Crippen LogP contribution in [0.3, 0.4) is 0 Å². The monoisotopic (exact) mass is 710 g/mol. The van der Waals surface area contributed by atoms with Crippen molar-refractivity contribution in [3.8, 4) is 0 Å². The van der Waals surface area contributed by atoms with Crippen molar-refractivity contribution in [1.82, 2.24) is 0 Å². The van der Waals surface area contributed by atoms with E-state index >= 15 is 0 Å². The van der Waals surface area contributed by atoms with Crippen LogP contribution in [0.15, 0.2) is 184 Å². The second-order valence-electron chi connectivity index (χ2n) is 14.5. The van der Waals surface area contributed by atoms with Crippen LogP contribution in [0.1, 0.15) is 36.1 Å². The van der Waals surface area contributed by atoms with Crippen molar-refractivity contribution in [2.75, 3.05) is 0 Å². The fourth-order valence-corrected chi connectivity index (χ4v) is 9.48. The standard InChI is InChI=1S/C52H38OS/c1-33(13-3-4-14-35-24-25-36-15-5-6-16-37(36)27-35)51-43-18-7-9-20-45(43)52(46-21-10-8-19-44(46)51)34(2)23-26-41-29-40-28-38-30-47-42-17-11-12-22-48(42)53-49(47)31-39(38)32-50(40)54-41/h3-13,15-28,30-32H,14,29H2,1-2H3/b4-3-,33-13+,34-23+,41-26+. The van der Waals surface area contributed by atoms with E-state index in [4.69, 9.17) is 4.42 Å². The Labute approximate surface area is 319 Å². The first-order chi connectivity index (χ1) is 26.6. The first kappa shape index (κ1) is 32.6. The molecule has 2 heteroatoms. The van der Waals surface area contributed by atoms with Gasteiger partial charge in [0.25, 0.3) is 0 Å². The smallest absolute Gasteiger partial charge is 0.136 e. The number of hydrogen-bond acceptors (Lipinski definition) is 2. The maximum atomic E-state index is 6.21. The Bertz CT molecular complexity index is 3040. The molecule has 0 atom stereocenters. The van der Waals surface area contributed by atoms with Gasteiger partial charge in [0, 0.05) is 22.1 Å². The molecular formula is C52H38OS. The zero-order chi connectivity index (χ0) is 36.2. The molecule has 0 spiro atoms. The number of rotatable bonds is 6. The van der Waals surface area contributed by atoms with E-state index in [2.05, 4.69) is 172 Å². The molecule has 2 heterocycles. The molecule has 0 bridgehead atoms. The molecule has 0 N–H and O–H groups in total. The quantitative estimate of drug-likeness (QED) is 0.126. The molecule has 10 rings (SSSR count). The van der Waals surface area contributed by atoms with Gasteiger partial charge in [0.1, 0.15) is 11.2 Å². The first-order valence-corrected chi connectivity index (χ1v) is 19.6. The van der Waals surface area contributed by atoms with Gasteiger partial charge < -0.3 is 4.42 Å². The Hall–Kier alpha value is -6.09. The Balaban J connectivity index is 0.967. The normalized spacial score (nSPS) is 14.6. The van der Waals surface area contributed by atoms with E-state index in [1.807, 2.05) is 23.9 Å². The van der Waals surface area contributed by atoms with Gasteiger partial charge in [0.15, 0.2) is 0 Å². The van der Waals surface area contributed by atoms with Gasteiger partial charge in [-0.05, 0) is 132 Å². The van der Waals surface area contributed by atoms with Crippen LogP contribution in [0.25, 0.3) is 76.2 Å². The zero-order valence-corrected chi connectivity index (χ0v) is 31.2. The second kappa shape index (κ2) is 13.4. The Morgan fingerprint density at radius 2 is 1.19 bits per heavy atom. The number of thioether (sulfide) groups is 1. The molecule has 0 radical (unpaired) electrons. The maximum Gasteiger partial charge on any atom is 0.136 e. The van der Waals surface area contributed by atoms with Gasteiger partial charge in [-0.25, -0.2) is 0 Å². The largest absolute Gasteiger partial charge is 0.456 e. The lowest BCUT2D eigenvalue weighted by Crippen LogP contribution is -1.93. The first-order valence-electron chi connectivity index (χ1n) is 18.8. The molecule has 0 amide bonds. The van der Waals surface area contributed by atoms with Crippen LogP contribution in [0.5, 0.6) is 0 Å². The lowest BCUT2D eigenvalue weighted by Gasteiger charge is -2.18. The summed E-state index contributed by atoms with van der Waals surface area (Å²) in [5, 5.41) is 12.6. The Morgan fingerprint density at radius 3 is 1.93 bits per heavy atom. The van der Waals surface area contributed by atoms with E-state index in [1.165, 1.54) is 97.1 Å². The minimum absolute atomic E-state index is 0.903. The highest BCUT2D eigenvalue weighted by Crippen LogP contribution is 2.44. The molecule has 0 unspecified atom stereocenters. The van der Waals surface area contributed by atoms with Crippen LogP contribution in [0, 0.1) is 0 Å². The van der Waals surface area contributed by atoms with Gasteiger partial charge in [-0.3, -0.25) is 0 Å². The number of furan rings is 1. The molecule has 0 saturated heterocycles. The second-order valence-corrected chi connectivity index (χ2v) is 15.7. The fourth-order valence-electron chi connectivity index (χ4n) is 8.38. The predicted molar refractivity (Wildman–Crippen MR) is 234 cm³/mol. The number of para-hydroxylation sites is 1.